The predicted octanol–water partition coefficient (Wildman–Crippen LogP) is 2.27. The average Bonchev–Trinajstić information content (AvgIpc) is 2.57. The van der Waals surface area contributed by atoms with Gasteiger partial charge in [0.2, 0.25) is 5.95 Å². The number of nitrogens with zero attached hydrogens (tertiary/aromatic N) is 2. The van der Waals surface area contributed by atoms with Crippen LogP contribution in [0.5, 0.6) is 0 Å². The fraction of sp³-hybridized carbons (Fsp3) is 0.353. The summed E-state index contributed by atoms with van der Waals surface area (Å²) in [6.45, 7) is 1.09. The molecule has 1 aromatic carbocycles. The van der Waals surface area contributed by atoms with E-state index in [0.29, 0.717) is 19.0 Å². The minimum Gasteiger partial charge on any atom is -0.352 e. The van der Waals surface area contributed by atoms with Gasteiger partial charge in [-0.15, -0.1) is 0 Å². The van der Waals surface area contributed by atoms with E-state index in [9.17, 15) is 4.79 Å². The molecule has 1 saturated carbocycles. The highest BCUT2D eigenvalue weighted by atomic mass is 16.2. The van der Waals surface area contributed by atoms with Gasteiger partial charge in [0, 0.05) is 25.5 Å². The van der Waals surface area contributed by atoms with Crippen molar-refractivity contribution in [1.29, 1.82) is 0 Å². The maximum Gasteiger partial charge on any atom is 0.315 e. The van der Waals surface area contributed by atoms with E-state index in [-0.39, 0.29) is 11.6 Å². The summed E-state index contributed by atoms with van der Waals surface area (Å²) in [7, 11) is 0. The van der Waals surface area contributed by atoms with Crippen molar-refractivity contribution in [2.45, 2.75) is 24.8 Å². The van der Waals surface area contributed by atoms with Crippen LogP contribution in [-0.2, 0) is 5.54 Å². The zero-order chi connectivity index (χ0) is 16.0. The van der Waals surface area contributed by atoms with Gasteiger partial charge in [-0.05, 0) is 30.9 Å². The van der Waals surface area contributed by atoms with Crippen molar-refractivity contribution in [3.63, 3.8) is 0 Å². The number of amides is 2. The molecule has 0 bridgehead atoms. The molecular weight excluding hydrogens is 290 g/mol. The molecule has 3 N–H and O–H groups in total. The molecule has 0 spiro atoms. The van der Waals surface area contributed by atoms with Crippen LogP contribution in [-0.4, -0.2) is 29.1 Å². The van der Waals surface area contributed by atoms with Crippen molar-refractivity contribution < 1.29 is 4.79 Å². The summed E-state index contributed by atoms with van der Waals surface area (Å²) in [6, 6.07) is 11.8. The quantitative estimate of drug-likeness (QED) is 0.715. The number of rotatable bonds is 6. The molecule has 6 heteroatoms. The lowest BCUT2D eigenvalue weighted by molar-refractivity contribution is 0.177. The second kappa shape index (κ2) is 7.09. The standard InChI is InChI=1S/C17H21N5O/c23-16(21-13-12-20-15-18-10-5-11-19-15)22-17(8-4-9-17)14-6-2-1-3-7-14/h1-3,5-7,10-11H,4,8-9,12-13H2,(H,18,19,20)(H2,21,22,23). The number of urea groups is 1. The average molecular weight is 311 g/mol. The van der Waals surface area contributed by atoms with E-state index in [1.165, 1.54) is 5.56 Å². The Balaban J connectivity index is 1.45. The van der Waals surface area contributed by atoms with Gasteiger partial charge >= 0.3 is 6.03 Å². The largest absolute Gasteiger partial charge is 0.352 e. The molecule has 1 aliphatic carbocycles. The molecule has 1 fully saturated rings. The smallest absolute Gasteiger partial charge is 0.315 e. The molecule has 0 aliphatic heterocycles. The Bertz CT molecular complexity index is 628. The Morgan fingerprint density at radius 2 is 1.78 bits per heavy atom. The molecule has 1 aromatic heterocycles. The Labute approximate surface area is 135 Å². The van der Waals surface area contributed by atoms with Crippen LogP contribution in [0.3, 0.4) is 0 Å². The molecule has 23 heavy (non-hydrogen) atoms. The minimum atomic E-state index is -0.207. The Kier molecular flexibility index (Phi) is 4.71. The molecule has 1 heterocycles. The lowest BCUT2D eigenvalue weighted by Gasteiger charge is -2.43. The normalized spacial score (nSPS) is 15.3. The van der Waals surface area contributed by atoms with Crippen LogP contribution in [0.1, 0.15) is 24.8 Å². The number of benzene rings is 1. The van der Waals surface area contributed by atoms with Gasteiger partial charge in [0.25, 0.3) is 0 Å². The molecule has 1 aliphatic rings. The first-order valence-corrected chi connectivity index (χ1v) is 7.91. The van der Waals surface area contributed by atoms with Gasteiger partial charge in [0.05, 0.1) is 5.54 Å². The third-order valence-corrected chi connectivity index (χ3v) is 4.15. The van der Waals surface area contributed by atoms with Crippen LogP contribution < -0.4 is 16.0 Å². The molecule has 0 radical (unpaired) electrons. The van der Waals surface area contributed by atoms with Gasteiger partial charge in [0.15, 0.2) is 0 Å². The van der Waals surface area contributed by atoms with Crippen LogP contribution in [0, 0.1) is 0 Å². The fourth-order valence-corrected chi connectivity index (χ4v) is 2.78. The maximum atomic E-state index is 12.2. The molecule has 0 saturated heterocycles. The van der Waals surface area contributed by atoms with E-state index in [1.54, 1.807) is 18.5 Å². The SMILES string of the molecule is O=C(NCCNc1ncccn1)NC1(c2ccccc2)CCC1. The molecule has 120 valence electrons. The monoisotopic (exact) mass is 311 g/mol. The van der Waals surface area contributed by atoms with Gasteiger partial charge in [0.1, 0.15) is 0 Å². The van der Waals surface area contributed by atoms with E-state index in [2.05, 4.69) is 38.1 Å². The Morgan fingerprint density at radius 3 is 2.43 bits per heavy atom. The van der Waals surface area contributed by atoms with Crippen molar-refractivity contribution in [2.24, 2.45) is 0 Å². The highest BCUT2D eigenvalue weighted by molar-refractivity contribution is 5.75. The van der Waals surface area contributed by atoms with Crippen LogP contribution >= 0.6 is 0 Å². The number of carbonyl (C=O) groups is 1. The van der Waals surface area contributed by atoms with Gasteiger partial charge in [-0.25, -0.2) is 14.8 Å². The zero-order valence-corrected chi connectivity index (χ0v) is 13.0. The fourth-order valence-electron chi connectivity index (χ4n) is 2.78. The lowest BCUT2D eigenvalue weighted by atomic mass is 9.72. The highest BCUT2D eigenvalue weighted by Gasteiger charge is 2.39. The first-order valence-electron chi connectivity index (χ1n) is 7.91. The van der Waals surface area contributed by atoms with E-state index < -0.39 is 0 Å². The lowest BCUT2D eigenvalue weighted by Crippen LogP contribution is -2.54. The van der Waals surface area contributed by atoms with Crippen LogP contribution in [0.25, 0.3) is 0 Å². The van der Waals surface area contributed by atoms with Crippen LogP contribution in [0.15, 0.2) is 48.8 Å². The number of anilines is 1. The summed E-state index contributed by atoms with van der Waals surface area (Å²) < 4.78 is 0. The minimum absolute atomic E-state index is 0.135. The van der Waals surface area contributed by atoms with Crippen molar-refractivity contribution in [3.05, 3.63) is 54.4 Å². The van der Waals surface area contributed by atoms with Crippen molar-refractivity contribution in [3.8, 4) is 0 Å². The molecule has 2 aromatic rings. The zero-order valence-electron chi connectivity index (χ0n) is 13.0. The first-order chi connectivity index (χ1) is 11.3. The van der Waals surface area contributed by atoms with Crippen LogP contribution in [0.4, 0.5) is 10.7 Å². The third kappa shape index (κ3) is 3.77. The van der Waals surface area contributed by atoms with Crippen molar-refractivity contribution in [1.82, 2.24) is 20.6 Å². The van der Waals surface area contributed by atoms with Gasteiger partial charge < -0.3 is 16.0 Å². The molecule has 2 amide bonds. The van der Waals surface area contributed by atoms with E-state index in [0.717, 1.165) is 19.3 Å². The predicted molar refractivity (Wildman–Crippen MR) is 89.0 cm³/mol. The maximum absolute atomic E-state index is 12.2. The number of hydrogen-bond acceptors (Lipinski definition) is 4. The second-order valence-corrected chi connectivity index (χ2v) is 5.68. The topological polar surface area (TPSA) is 78.9 Å². The van der Waals surface area contributed by atoms with E-state index in [1.807, 2.05) is 18.2 Å². The van der Waals surface area contributed by atoms with Gasteiger partial charge in [-0.3, -0.25) is 0 Å². The van der Waals surface area contributed by atoms with Gasteiger partial charge in [-0.1, -0.05) is 30.3 Å². The summed E-state index contributed by atoms with van der Waals surface area (Å²) in [4.78, 5) is 20.3. The third-order valence-electron chi connectivity index (χ3n) is 4.15. The summed E-state index contributed by atoms with van der Waals surface area (Å²) in [5.74, 6) is 0.564. The van der Waals surface area contributed by atoms with Gasteiger partial charge in [-0.2, -0.15) is 0 Å². The van der Waals surface area contributed by atoms with Crippen molar-refractivity contribution in [2.75, 3.05) is 18.4 Å². The molecule has 0 atom stereocenters. The molecule has 0 unspecified atom stereocenters. The summed E-state index contributed by atoms with van der Waals surface area (Å²) in [5.41, 5.74) is 0.971. The number of aromatic nitrogens is 2. The Hall–Kier alpha value is -2.63. The van der Waals surface area contributed by atoms with E-state index in [4.69, 9.17) is 0 Å². The number of carbonyl (C=O) groups excluding carboxylic acids is 1. The molecule has 6 nitrogen and oxygen atoms in total. The summed E-state index contributed by atoms with van der Waals surface area (Å²) in [5, 5.41) is 9.07. The summed E-state index contributed by atoms with van der Waals surface area (Å²) >= 11 is 0. The first kappa shape index (κ1) is 15.3. The second-order valence-electron chi connectivity index (χ2n) is 5.68. The molecule has 3 rings (SSSR count). The van der Waals surface area contributed by atoms with E-state index >= 15 is 0 Å². The highest BCUT2D eigenvalue weighted by Crippen LogP contribution is 2.40. The number of hydrogen-bond donors (Lipinski definition) is 3. The Morgan fingerprint density at radius 1 is 1.04 bits per heavy atom. The molecular formula is C17H21N5O. The van der Waals surface area contributed by atoms with Crippen molar-refractivity contribution >= 4 is 12.0 Å². The van der Waals surface area contributed by atoms with Crippen LogP contribution in [0.2, 0.25) is 0 Å². The summed E-state index contributed by atoms with van der Waals surface area (Å²) in [6.07, 6.45) is 6.47. The number of nitrogens with one attached hydrogen (secondary N) is 3.